The molecule has 34 heavy (non-hydrogen) atoms. The van der Waals surface area contributed by atoms with Crippen LogP contribution in [0.5, 0.6) is 11.5 Å². The molecule has 1 saturated heterocycles. The third-order valence-corrected chi connectivity index (χ3v) is 6.04. The van der Waals surface area contributed by atoms with E-state index in [9.17, 15) is 14.7 Å². The van der Waals surface area contributed by atoms with Gasteiger partial charge in [-0.1, -0.05) is 41.4 Å². The van der Waals surface area contributed by atoms with Gasteiger partial charge in [-0.2, -0.15) is 0 Å². The van der Waals surface area contributed by atoms with Crippen LogP contribution in [-0.2, 0) is 16.1 Å². The summed E-state index contributed by atoms with van der Waals surface area (Å²) in [5, 5.41) is 11.8. The Morgan fingerprint density at radius 1 is 1.06 bits per heavy atom. The molecule has 4 rings (SSSR count). The SMILES string of the molecule is COc1ccccc1C1/C(=C(\O)c2cc(Cl)cc(Cl)c2OC)C(=O)C(=O)N1Cc1ccncc1. The van der Waals surface area contributed by atoms with Gasteiger partial charge in [-0.25, -0.2) is 0 Å². The van der Waals surface area contributed by atoms with Crippen molar-refractivity contribution >= 4 is 40.7 Å². The Hall–Kier alpha value is -3.55. The van der Waals surface area contributed by atoms with Crippen molar-refractivity contribution < 1.29 is 24.2 Å². The Kier molecular flexibility index (Phi) is 6.77. The van der Waals surface area contributed by atoms with Crippen LogP contribution < -0.4 is 9.47 Å². The molecule has 1 N–H and O–H groups in total. The second kappa shape index (κ2) is 9.75. The van der Waals surface area contributed by atoms with E-state index in [4.69, 9.17) is 32.7 Å². The van der Waals surface area contributed by atoms with Crippen LogP contribution in [-0.4, -0.2) is 40.9 Å². The number of nitrogens with zero attached hydrogens (tertiary/aromatic N) is 2. The van der Waals surface area contributed by atoms with Crippen molar-refractivity contribution in [1.29, 1.82) is 0 Å². The first-order chi connectivity index (χ1) is 16.4. The van der Waals surface area contributed by atoms with Gasteiger partial charge in [0.25, 0.3) is 11.7 Å². The lowest BCUT2D eigenvalue weighted by molar-refractivity contribution is -0.140. The van der Waals surface area contributed by atoms with Crippen LogP contribution in [0, 0.1) is 0 Å². The number of pyridine rings is 1. The summed E-state index contributed by atoms with van der Waals surface area (Å²) in [5.41, 5.74) is 1.27. The molecule has 0 radical (unpaired) electrons. The summed E-state index contributed by atoms with van der Waals surface area (Å²) in [4.78, 5) is 31.9. The van der Waals surface area contributed by atoms with Gasteiger partial charge >= 0.3 is 0 Å². The van der Waals surface area contributed by atoms with Gasteiger partial charge in [0.15, 0.2) is 0 Å². The zero-order chi connectivity index (χ0) is 24.4. The molecule has 1 aliphatic heterocycles. The standard InChI is InChI=1S/C25H20Cl2N2O5/c1-33-19-6-4-3-5-16(19)21-20(22(30)17-11-15(26)12-18(27)24(17)34-2)23(31)25(32)29(21)13-14-7-9-28-10-8-14/h3-12,21,30H,13H2,1-2H3/b22-20+. The van der Waals surface area contributed by atoms with Gasteiger partial charge in [-0.15, -0.1) is 0 Å². The predicted octanol–water partition coefficient (Wildman–Crippen LogP) is 5.03. The number of methoxy groups -OCH3 is 2. The number of benzene rings is 2. The lowest BCUT2D eigenvalue weighted by Crippen LogP contribution is -2.29. The normalized spacial score (nSPS) is 17.2. The fraction of sp³-hybridized carbons (Fsp3) is 0.160. The molecule has 0 bridgehead atoms. The summed E-state index contributed by atoms with van der Waals surface area (Å²) in [6, 6.07) is 12.4. The van der Waals surface area contributed by atoms with Gasteiger partial charge in [0, 0.05) is 29.5 Å². The molecule has 2 heterocycles. The van der Waals surface area contributed by atoms with E-state index in [1.807, 2.05) is 0 Å². The van der Waals surface area contributed by atoms with Crippen molar-refractivity contribution in [2.45, 2.75) is 12.6 Å². The minimum atomic E-state index is -0.938. The quantitative estimate of drug-likeness (QED) is 0.291. The number of carbonyl (C=O) groups excluding carboxylic acids is 2. The topological polar surface area (TPSA) is 89.0 Å². The number of ether oxygens (including phenoxy) is 2. The summed E-state index contributed by atoms with van der Waals surface area (Å²) < 4.78 is 10.9. The monoisotopic (exact) mass is 498 g/mol. The van der Waals surface area contributed by atoms with E-state index in [0.29, 0.717) is 11.3 Å². The number of rotatable bonds is 6. The highest BCUT2D eigenvalue weighted by atomic mass is 35.5. The van der Waals surface area contributed by atoms with Crippen LogP contribution in [0.4, 0.5) is 0 Å². The van der Waals surface area contributed by atoms with Crippen LogP contribution in [0.25, 0.3) is 5.76 Å². The summed E-state index contributed by atoms with van der Waals surface area (Å²) in [6.07, 6.45) is 3.20. The minimum absolute atomic E-state index is 0.0989. The molecule has 9 heteroatoms. The van der Waals surface area contributed by atoms with Crippen molar-refractivity contribution in [3.05, 3.63) is 93.2 Å². The van der Waals surface area contributed by atoms with E-state index in [-0.39, 0.29) is 33.5 Å². The number of aliphatic hydroxyl groups is 1. The second-order valence-corrected chi connectivity index (χ2v) is 8.34. The second-order valence-electron chi connectivity index (χ2n) is 7.49. The summed E-state index contributed by atoms with van der Waals surface area (Å²) in [5.74, 6) is -1.48. The molecule has 1 fully saturated rings. The minimum Gasteiger partial charge on any atom is -0.507 e. The largest absolute Gasteiger partial charge is 0.507 e. The molecular weight excluding hydrogens is 479 g/mol. The van der Waals surface area contributed by atoms with Crippen LogP contribution in [0.1, 0.15) is 22.7 Å². The van der Waals surface area contributed by atoms with E-state index >= 15 is 0 Å². The summed E-state index contributed by atoms with van der Waals surface area (Å²) in [7, 11) is 2.87. The molecule has 0 saturated carbocycles. The fourth-order valence-corrected chi connectivity index (χ4v) is 4.60. The number of para-hydroxylation sites is 1. The van der Waals surface area contributed by atoms with Crippen LogP contribution in [0.3, 0.4) is 0 Å². The fourth-order valence-electron chi connectivity index (χ4n) is 4.03. The van der Waals surface area contributed by atoms with Gasteiger partial charge in [0.1, 0.15) is 17.3 Å². The highest BCUT2D eigenvalue weighted by molar-refractivity contribution is 6.46. The summed E-state index contributed by atoms with van der Waals surface area (Å²) in [6.45, 7) is 0.111. The van der Waals surface area contributed by atoms with E-state index in [0.717, 1.165) is 5.56 Å². The van der Waals surface area contributed by atoms with Crippen molar-refractivity contribution in [2.24, 2.45) is 0 Å². The maximum absolute atomic E-state index is 13.3. The van der Waals surface area contributed by atoms with Crippen LogP contribution in [0.2, 0.25) is 10.0 Å². The average molecular weight is 499 g/mol. The van der Waals surface area contributed by atoms with Crippen LogP contribution >= 0.6 is 23.2 Å². The number of hydrogen-bond donors (Lipinski definition) is 1. The first-order valence-corrected chi connectivity index (χ1v) is 11.0. The molecule has 3 aromatic rings. The molecule has 1 amide bonds. The number of likely N-dealkylation sites (tertiary alicyclic amines) is 1. The molecular formula is C25H20Cl2N2O5. The average Bonchev–Trinajstić information content (AvgIpc) is 3.08. The van der Waals surface area contributed by atoms with Crippen molar-refractivity contribution in [1.82, 2.24) is 9.88 Å². The molecule has 1 atom stereocenters. The third-order valence-electron chi connectivity index (χ3n) is 5.54. The molecule has 1 unspecified atom stereocenters. The highest BCUT2D eigenvalue weighted by Crippen LogP contribution is 2.45. The van der Waals surface area contributed by atoms with Gasteiger partial charge in [0.05, 0.1) is 36.4 Å². The third kappa shape index (κ3) is 4.20. The number of ketones is 1. The Bertz CT molecular complexity index is 1290. The molecule has 7 nitrogen and oxygen atoms in total. The number of halogens is 2. The van der Waals surface area contributed by atoms with Crippen molar-refractivity contribution in [3.8, 4) is 11.5 Å². The molecule has 2 aromatic carbocycles. The molecule has 174 valence electrons. The first-order valence-electron chi connectivity index (χ1n) is 10.2. The van der Waals surface area contributed by atoms with Gasteiger partial charge < -0.3 is 19.5 Å². The number of amides is 1. The molecule has 0 spiro atoms. The predicted molar refractivity (Wildman–Crippen MR) is 128 cm³/mol. The lowest BCUT2D eigenvalue weighted by Gasteiger charge is -2.26. The van der Waals surface area contributed by atoms with Crippen LogP contribution in [0.15, 0.2) is 66.5 Å². The maximum Gasteiger partial charge on any atom is 0.295 e. The number of aromatic nitrogens is 1. The van der Waals surface area contributed by atoms with E-state index in [1.54, 1.807) is 48.8 Å². The molecule has 0 aliphatic carbocycles. The number of hydrogen-bond acceptors (Lipinski definition) is 6. The number of carbonyl (C=O) groups is 2. The van der Waals surface area contributed by atoms with E-state index in [2.05, 4.69) is 4.98 Å². The Morgan fingerprint density at radius 2 is 1.76 bits per heavy atom. The van der Waals surface area contributed by atoms with Gasteiger partial charge in [0.2, 0.25) is 0 Å². The Morgan fingerprint density at radius 3 is 2.44 bits per heavy atom. The van der Waals surface area contributed by atoms with E-state index < -0.39 is 23.5 Å². The highest BCUT2D eigenvalue weighted by Gasteiger charge is 2.47. The van der Waals surface area contributed by atoms with E-state index in [1.165, 1.54) is 31.3 Å². The maximum atomic E-state index is 13.3. The smallest absolute Gasteiger partial charge is 0.295 e. The Labute approximate surface area is 206 Å². The molecule has 1 aliphatic rings. The number of Topliss-reactive ketones (excluding diaryl/α,β-unsaturated/α-hetero) is 1. The molecule has 1 aromatic heterocycles. The number of aliphatic hydroxyl groups excluding tert-OH is 1. The first kappa shape index (κ1) is 23.6. The zero-order valence-electron chi connectivity index (χ0n) is 18.3. The zero-order valence-corrected chi connectivity index (χ0v) is 19.8. The summed E-state index contributed by atoms with van der Waals surface area (Å²) >= 11 is 12.4. The lowest BCUT2D eigenvalue weighted by atomic mass is 9.94. The van der Waals surface area contributed by atoms with Crippen molar-refractivity contribution in [3.63, 3.8) is 0 Å². The van der Waals surface area contributed by atoms with Gasteiger partial charge in [-0.3, -0.25) is 14.6 Å². The Balaban J connectivity index is 1.97. The van der Waals surface area contributed by atoms with Crippen molar-refractivity contribution in [2.75, 3.05) is 14.2 Å². The van der Waals surface area contributed by atoms with Gasteiger partial charge in [-0.05, 0) is 35.9 Å².